The average Bonchev–Trinajstić information content (AvgIpc) is 3.39. The number of amides is 1. The molecule has 1 aliphatic heterocycles. The van der Waals surface area contributed by atoms with Gasteiger partial charge in [0.05, 0.1) is 18.6 Å². The lowest BCUT2D eigenvalue weighted by Gasteiger charge is -2.34. The van der Waals surface area contributed by atoms with Gasteiger partial charge in [0, 0.05) is 31.0 Å². The Balaban J connectivity index is 1.66. The summed E-state index contributed by atoms with van der Waals surface area (Å²) in [5, 5.41) is 0. The van der Waals surface area contributed by atoms with E-state index in [1.807, 2.05) is 24.3 Å². The molecule has 0 radical (unpaired) electrons. The van der Waals surface area contributed by atoms with E-state index in [0.29, 0.717) is 12.5 Å². The van der Waals surface area contributed by atoms with Crippen LogP contribution in [0.3, 0.4) is 0 Å². The Morgan fingerprint density at radius 3 is 2.63 bits per heavy atom. The van der Waals surface area contributed by atoms with E-state index in [1.54, 1.807) is 12.5 Å². The van der Waals surface area contributed by atoms with Crippen molar-refractivity contribution in [2.45, 2.75) is 63.8 Å². The fourth-order valence-corrected chi connectivity index (χ4v) is 4.82. The highest BCUT2D eigenvalue weighted by molar-refractivity contribution is 5.82. The van der Waals surface area contributed by atoms with E-state index in [0.717, 1.165) is 34.7 Å². The number of alkyl halides is 3. The van der Waals surface area contributed by atoms with Crippen LogP contribution in [-0.2, 0) is 17.9 Å². The molecule has 0 saturated heterocycles. The van der Waals surface area contributed by atoms with Gasteiger partial charge in [0.2, 0.25) is 0 Å². The molecule has 0 unspecified atom stereocenters. The molecule has 1 amide bonds. The molecular formula is C22H27F3N4O. The Hall–Kier alpha value is -2.51. The smallest absolute Gasteiger partial charge is 0.361 e. The molecule has 1 aliphatic carbocycles. The van der Waals surface area contributed by atoms with Crippen LogP contribution in [-0.4, -0.2) is 39.5 Å². The highest BCUT2D eigenvalue weighted by atomic mass is 19.4. The normalized spacial score (nSPS) is 20.3. The standard InChI is InChI=1S/C22H27F3N4O/c23-22(24,25)21(30)28-12-17-7-3-4-8-20(17)29(13-18-11-26-15-27-18)19(14-28)10-9-16-5-1-2-6-16/h3-4,7-8,11,15-16,19H,1-2,5-6,9-10,12-14H2,(H,26,27)/t19-/m1/s1. The maximum Gasteiger partial charge on any atom is 0.471 e. The average molecular weight is 420 g/mol. The van der Waals surface area contributed by atoms with E-state index in [9.17, 15) is 18.0 Å². The zero-order valence-electron chi connectivity index (χ0n) is 16.9. The molecule has 1 saturated carbocycles. The van der Waals surface area contributed by atoms with Gasteiger partial charge in [-0.1, -0.05) is 43.9 Å². The number of carbonyl (C=O) groups excluding carboxylic acids is 1. The lowest BCUT2D eigenvalue weighted by molar-refractivity contribution is -0.186. The number of nitrogens with one attached hydrogen (secondary N) is 1. The zero-order valence-corrected chi connectivity index (χ0v) is 16.9. The first-order chi connectivity index (χ1) is 14.4. The first-order valence-corrected chi connectivity index (χ1v) is 10.6. The predicted molar refractivity (Wildman–Crippen MR) is 108 cm³/mol. The summed E-state index contributed by atoms with van der Waals surface area (Å²) in [4.78, 5) is 22.5. The van der Waals surface area contributed by atoms with Gasteiger partial charge < -0.3 is 14.8 Å². The number of carbonyl (C=O) groups is 1. The van der Waals surface area contributed by atoms with Gasteiger partial charge >= 0.3 is 12.1 Å². The number of hydrogen-bond donors (Lipinski definition) is 1. The highest BCUT2D eigenvalue weighted by Crippen LogP contribution is 2.35. The van der Waals surface area contributed by atoms with Gasteiger partial charge in [-0.3, -0.25) is 4.79 Å². The third-order valence-corrected chi connectivity index (χ3v) is 6.34. The summed E-state index contributed by atoms with van der Waals surface area (Å²) in [5.41, 5.74) is 2.52. The molecule has 0 bridgehead atoms. The predicted octanol–water partition coefficient (Wildman–Crippen LogP) is 4.66. The van der Waals surface area contributed by atoms with Gasteiger partial charge in [0.1, 0.15) is 0 Å². The number of para-hydroxylation sites is 1. The fraction of sp³-hybridized carbons (Fsp3) is 0.545. The van der Waals surface area contributed by atoms with Crippen molar-refractivity contribution in [1.29, 1.82) is 0 Å². The molecule has 1 N–H and O–H groups in total. The van der Waals surface area contributed by atoms with Crippen molar-refractivity contribution in [1.82, 2.24) is 14.9 Å². The minimum absolute atomic E-state index is 0.0338. The lowest BCUT2D eigenvalue weighted by atomic mass is 9.97. The highest BCUT2D eigenvalue weighted by Gasteiger charge is 2.44. The molecule has 1 aromatic carbocycles. The number of anilines is 1. The van der Waals surface area contributed by atoms with Gasteiger partial charge in [-0.25, -0.2) is 4.98 Å². The van der Waals surface area contributed by atoms with E-state index < -0.39 is 12.1 Å². The molecule has 4 rings (SSSR count). The second-order valence-corrected chi connectivity index (χ2v) is 8.40. The number of H-pyrrole nitrogens is 1. The summed E-state index contributed by atoms with van der Waals surface area (Å²) >= 11 is 0. The second-order valence-electron chi connectivity index (χ2n) is 8.40. The Labute approximate surface area is 174 Å². The molecule has 30 heavy (non-hydrogen) atoms. The van der Waals surface area contributed by atoms with Crippen LogP contribution in [0.2, 0.25) is 0 Å². The maximum absolute atomic E-state index is 13.3. The Kier molecular flexibility index (Phi) is 6.01. The van der Waals surface area contributed by atoms with Crippen LogP contribution in [0.4, 0.5) is 18.9 Å². The van der Waals surface area contributed by atoms with Crippen LogP contribution in [0.15, 0.2) is 36.8 Å². The largest absolute Gasteiger partial charge is 0.471 e. The number of halogens is 3. The number of nitrogens with zero attached hydrogens (tertiary/aromatic N) is 3. The Bertz CT molecular complexity index is 846. The van der Waals surface area contributed by atoms with Crippen molar-refractivity contribution < 1.29 is 18.0 Å². The monoisotopic (exact) mass is 420 g/mol. The molecule has 1 aromatic heterocycles. The molecule has 1 atom stereocenters. The van der Waals surface area contributed by atoms with Crippen molar-refractivity contribution in [2.75, 3.05) is 11.4 Å². The minimum Gasteiger partial charge on any atom is -0.361 e. The summed E-state index contributed by atoms with van der Waals surface area (Å²) < 4.78 is 39.9. The SMILES string of the molecule is O=C(N1Cc2ccccc2N(Cc2cnc[nH]2)[C@H](CCC2CCCC2)C1)C(F)(F)F. The van der Waals surface area contributed by atoms with Crippen LogP contribution in [0.1, 0.15) is 49.8 Å². The molecule has 0 spiro atoms. The van der Waals surface area contributed by atoms with Crippen molar-refractivity contribution in [2.24, 2.45) is 5.92 Å². The lowest BCUT2D eigenvalue weighted by Crippen LogP contribution is -2.47. The van der Waals surface area contributed by atoms with Gasteiger partial charge in [-0.15, -0.1) is 0 Å². The van der Waals surface area contributed by atoms with E-state index in [2.05, 4.69) is 14.9 Å². The number of hydrogen-bond acceptors (Lipinski definition) is 3. The summed E-state index contributed by atoms with van der Waals surface area (Å²) in [7, 11) is 0. The van der Waals surface area contributed by atoms with E-state index in [-0.39, 0.29) is 19.1 Å². The quantitative estimate of drug-likeness (QED) is 0.766. The molecule has 2 heterocycles. The van der Waals surface area contributed by atoms with Gasteiger partial charge in [-0.05, 0) is 30.4 Å². The minimum atomic E-state index is -4.87. The number of aromatic nitrogens is 2. The third-order valence-electron chi connectivity index (χ3n) is 6.34. The zero-order chi connectivity index (χ0) is 21.1. The van der Waals surface area contributed by atoms with Gasteiger partial charge in [-0.2, -0.15) is 13.2 Å². The summed E-state index contributed by atoms with van der Waals surface area (Å²) in [6, 6.07) is 7.26. The first-order valence-electron chi connectivity index (χ1n) is 10.6. The van der Waals surface area contributed by atoms with Gasteiger partial charge in [0.15, 0.2) is 0 Å². The fourth-order valence-electron chi connectivity index (χ4n) is 4.82. The number of aromatic amines is 1. The van der Waals surface area contributed by atoms with Crippen LogP contribution in [0, 0.1) is 5.92 Å². The number of rotatable bonds is 5. The van der Waals surface area contributed by atoms with E-state index >= 15 is 0 Å². The number of benzene rings is 1. The summed E-state index contributed by atoms with van der Waals surface area (Å²) in [6.45, 7) is 0.544. The Morgan fingerprint density at radius 2 is 1.93 bits per heavy atom. The topological polar surface area (TPSA) is 52.2 Å². The van der Waals surface area contributed by atoms with Crippen LogP contribution in [0.5, 0.6) is 0 Å². The molecule has 162 valence electrons. The molecule has 2 aromatic rings. The third kappa shape index (κ3) is 4.63. The number of imidazole rings is 1. The first kappa shape index (κ1) is 20.8. The molecule has 2 aliphatic rings. The van der Waals surface area contributed by atoms with Crippen molar-refractivity contribution in [3.05, 3.63) is 48.0 Å². The second kappa shape index (κ2) is 8.70. The van der Waals surface area contributed by atoms with Crippen molar-refractivity contribution in [3.63, 3.8) is 0 Å². The molecule has 8 heteroatoms. The summed E-state index contributed by atoms with van der Waals surface area (Å²) in [5.74, 6) is -1.13. The number of fused-ring (bicyclic) bond motifs is 1. The molecular weight excluding hydrogens is 393 g/mol. The molecule has 1 fully saturated rings. The van der Waals surface area contributed by atoms with Crippen LogP contribution >= 0.6 is 0 Å². The van der Waals surface area contributed by atoms with E-state index in [1.165, 1.54) is 25.7 Å². The van der Waals surface area contributed by atoms with Crippen molar-refractivity contribution >= 4 is 11.6 Å². The Morgan fingerprint density at radius 1 is 1.17 bits per heavy atom. The molecule has 5 nitrogen and oxygen atoms in total. The van der Waals surface area contributed by atoms with Gasteiger partial charge in [0.25, 0.3) is 0 Å². The van der Waals surface area contributed by atoms with Crippen molar-refractivity contribution in [3.8, 4) is 0 Å². The maximum atomic E-state index is 13.3. The summed E-state index contributed by atoms with van der Waals surface area (Å²) in [6.07, 6.45) is 5.04. The van der Waals surface area contributed by atoms with Crippen LogP contribution in [0.25, 0.3) is 0 Å². The van der Waals surface area contributed by atoms with E-state index in [4.69, 9.17) is 0 Å². The van der Waals surface area contributed by atoms with Crippen LogP contribution < -0.4 is 4.90 Å².